The number of pyridine rings is 2. The summed E-state index contributed by atoms with van der Waals surface area (Å²) in [6.07, 6.45) is 6.32. The van der Waals surface area contributed by atoms with E-state index in [1.807, 2.05) is 49.6 Å². The van der Waals surface area contributed by atoms with Crippen molar-refractivity contribution in [3.63, 3.8) is 0 Å². The van der Waals surface area contributed by atoms with E-state index in [4.69, 9.17) is 0 Å². The fourth-order valence-electron chi connectivity index (χ4n) is 4.43. The summed E-state index contributed by atoms with van der Waals surface area (Å²) in [5, 5.41) is 22.1. The molecule has 0 bridgehead atoms. The highest BCUT2D eigenvalue weighted by molar-refractivity contribution is 5.92. The average Bonchev–Trinajstić information content (AvgIpc) is 3.54. The molecule has 9 nitrogen and oxygen atoms in total. The number of H-pyrrole nitrogens is 1. The van der Waals surface area contributed by atoms with E-state index in [1.165, 1.54) is 0 Å². The van der Waals surface area contributed by atoms with Gasteiger partial charge in [-0.1, -0.05) is 6.07 Å². The Morgan fingerprint density at radius 3 is 2.69 bits per heavy atom. The molecule has 4 aromatic rings. The molecule has 9 heteroatoms. The zero-order valence-corrected chi connectivity index (χ0v) is 19.9. The summed E-state index contributed by atoms with van der Waals surface area (Å²) in [4.78, 5) is 25.1. The number of aromatic nitrogens is 4. The summed E-state index contributed by atoms with van der Waals surface area (Å²) in [6.45, 7) is 2.37. The zero-order chi connectivity index (χ0) is 24.4. The first-order valence-corrected chi connectivity index (χ1v) is 11.7. The summed E-state index contributed by atoms with van der Waals surface area (Å²) in [7, 11) is 4.05. The van der Waals surface area contributed by atoms with Gasteiger partial charge in [-0.05, 0) is 68.4 Å². The summed E-state index contributed by atoms with van der Waals surface area (Å²) in [5.74, 6) is -0.0502. The van der Waals surface area contributed by atoms with Gasteiger partial charge in [-0.3, -0.25) is 14.9 Å². The second kappa shape index (κ2) is 9.81. The predicted molar refractivity (Wildman–Crippen MR) is 135 cm³/mol. The van der Waals surface area contributed by atoms with E-state index in [2.05, 4.69) is 36.4 Å². The van der Waals surface area contributed by atoms with Gasteiger partial charge in [0.05, 0.1) is 23.1 Å². The van der Waals surface area contributed by atoms with Crippen LogP contribution in [0.4, 0.5) is 5.69 Å². The summed E-state index contributed by atoms with van der Waals surface area (Å²) < 4.78 is 0. The maximum atomic E-state index is 12.5. The normalized spacial score (nSPS) is 14.6. The second-order valence-electron chi connectivity index (χ2n) is 9.17. The molecule has 4 heterocycles. The Kier molecular flexibility index (Phi) is 6.43. The Hall–Kier alpha value is -3.82. The van der Waals surface area contributed by atoms with E-state index in [0.29, 0.717) is 17.1 Å². The zero-order valence-electron chi connectivity index (χ0n) is 19.9. The highest BCUT2D eigenvalue weighted by Gasteiger charge is 2.21. The molecule has 0 spiro atoms. The van der Waals surface area contributed by atoms with E-state index in [0.717, 1.165) is 60.1 Å². The lowest BCUT2D eigenvalue weighted by molar-refractivity contribution is 0.0787. The number of amides is 1. The van der Waals surface area contributed by atoms with Gasteiger partial charge in [-0.25, -0.2) is 4.98 Å². The van der Waals surface area contributed by atoms with Crippen LogP contribution in [0.5, 0.6) is 0 Å². The summed E-state index contributed by atoms with van der Waals surface area (Å²) in [5.41, 5.74) is 5.45. The maximum Gasteiger partial charge on any atom is 0.272 e. The van der Waals surface area contributed by atoms with E-state index in [-0.39, 0.29) is 5.91 Å². The van der Waals surface area contributed by atoms with Crippen LogP contribution in [0, 0.1) is 0 Å². The molecule has 0 radical (unpaired) electrons. The number of hydrogen-bond acceptors (Lipinski definition) is 7. The van der Waals surface area contributed by atoms with Crippen molar-refractivity contribution in [3.05, 3.63) is 71.9 Å². The first kappa shape index (κ1) is 22.9. The minimum atomic E-state index is -1.03. The van der Waals surface area contributed by atoms with Crippen molar-refractivity contribution in [2.24, 2.45) is 0 Å². The number of hydrogen-bond donors (Lipinski definition) is 3. The molecular formula is C26H29N7O2. The lowest BCUT2D eigenvalue weighted by atomic mass is 10.0. The van der Waals surface area contributed by atoms with Crippen molar-refractivity contribution in [1.82, 2.24) is 30.0 Å². The summed E-state index contributed by atoms with van der Waals surface area (Å²) >= 11 is 0. The molecule has 180 valence electrons. The van der Waals surface area contributed by atoms with E-state index < -0.39 is 6.23 Å². The molecule has 3 N–H and O–H groups in total. The van der Waals surface area contributed by atoms with Crippen LogP contribution < -0.4 is 5.32 Å². The van der Waals surface area contributed by atoms with Crippen LogP contribution in [-0.2, 0) is 6.54 Å². The van der Waals surface area contributed by atoms with E-state index >= 15 is 0 Å². The molecule has 1 atom stereocenters. The van der Waals surface area contributed by atoms with E-state index in [1.54, 1.807) is 18.3 Å². The van der Waals surface area contributed by atoms with Crippen molar-refractivity contribution >= 4 is 22.5 Å². The monoisotopic (exact) mass is 471 g/mol. The van der Waals surface area contributed by atoms with Crippen LogP contribution in [-0.4, -0.2) is 68.2 Å². The lowest BCUT2D eigenvalue weighted by Gasteiger charge is -2.16. The number of aliphatic hydroxyl groups excluding tert-OH is 1. The fraction of sp³-hybridized carbons (Fsp3) is 0.308. The largest absolute Gasteiger partial charge is 0.368 e. The Balaban J connectivity index is 1.35. The first-order valence-electron chi connectivity index (χ1n) is 11.7. The van der Waals surface area contributed by atoms with Gasteiger partial charge in [0.15, 0.2) is 6.23 Å². The molecule has 3 aromatic heterocycles. The number of nitrogens with zero attached hydrogens (tertiary/aromatic N) is 5. The standard InChI is InChI=1S/C26H29N7O2/c1-32(2)16-17-11-19(14-27-13-17)18-5-7-22-21(12-18)24(31-30-22)25(34)29-20-6-8-23(28-15-20)26(35)33-9-3-4-10-33/h5-8,11-15,25,29,34H,3-4,9-10,16H2,1-2H3,(H,30,31). The Bertz CT molecular complexity index is 1330. The number of aliphatic hydroxyl groups is 1. The third-order valence-electron chi connectivity index (χ3n) is 6.16. The predicted octanol–water partition coefficient (Wildman–Crippen LogP) is 3.42. The quantitative estimate of drug-likeness (QED) is 0.354. The minimum absolute atomic E-state index is 0.0502. The number of aromatic amines is 1. The van der Waals surface area contributed by atoms with Crippen molar-refractivity contribution < 1.29 is 9.90 Å². The maximum absolute atomic E-state index is 12.5. The first-order chi connectivity index (χ1) is 17.0. The highest BCUT2D eigenvalue weighted by Crippen LogP contribution is 2.29. The van der Waals surface area contributed by atoms with Gasteiger partial charge >= 0.3 is 0 Å². The third kappa shape index (κ3) is 5.01. The number of benzene rings is 1. The number of rotatable bonds is 7. The number of fused-ring (bicyclic) bond motifs is 1. The van der Waals surface area contributed by atoms with Gasteiger partial charge in [-0.15, -0.1) is 0 Å². The van der Waals surface area contributed by atoms with Gasteiger partial charge in [0, 0.05) is 43.0 Å². The average molecular weight is 472 g/mol. The van der Waals surface area contributed by atoms with Crippen molar-refractivity contribution in [3.8, 4) is 11.1 Å². The molecule has 1 aromatic carbocycles. The van der Waals surface area contributed by atoms with Crippen molar-refractivity contribution in [1.29, 1.82) is 0 Å². The number of nitrogens with one attached hydrogen (secondary N) is 2. The highest BCUT2D eigenvalue weighted by atomic mass is 16.3. The molecule has 1 amide bonds. The topological polar surface area (TPSA) is 110 Å². The fourth-order valence-corrected chi connectivity index (χ4v) is 4.43. The number of anilines is 1. The van der Waals surface area contributed by atoms with Crippen LogP contribution in [0.15, 0.2) is 55.0 Å². The van der Waals surface area contributed by atoms with Crippen molar-refractivity contribution in [2.75, 3.05) is 32.5 Å². The molecule has 1 aliphatic heterocycles. The van der Waals surface area contributed by atoms with Crippen LogP contribution in [0.3, 0.4) is 0 Å². The molecule has 1 fully saturated rings. The van der Waals surface area contributed by atoms with Crippen LogP contribution in [0.2, 0.25) is 0 Å². The van der Waals surface area contributed by atoms with Gasteiger partial charge in [0.25, 0.3) is 5.91 Å². The Morgan fingerprint density at radius 1 is 1.11 bits per heavy atom. The van der Waals surface area contributed by atoms with Crippen molar-refractivity contribution in [2.45, 2.75) is 25.6 Å². The Labute approximate surface area is 203 Å². The van der Waals surface area contributed by atoms with Crippen LogP contribution in [0.25, 0.3) is 22.0 Å². The van der Waals surface area contributed by atoms with Gasteiger partial charge in [0.2, 0.25) is 0 Å². The molecule has 35 heavy (non-hydrogen) atoms. The Morgan fingerprint density at radius 2 is 1.94 bits per heavy atom. The summed E-state index contributed by atoms with van der Waals surface area (Å²) in [6, 6.07) is 11.5. The molecule has 1 aliphatic rings. The number of likely N-dealkylation sites (tertiary alicyclic amines) is 1. The smallest absolute Gasteiger partial charge is 0.272 e. The number of carbonyl (C=O) groups is 1. The van der Waals surface area contributed by atoms with Gasteiger partial charge in [0.1, 0.15) is 5.69 Å². The molecular weight excluding hydrogens is 442 g/mol. The molecule has 0 aliphatic carbocycles. The molecule has 5 rings (SSSR count). The minimum Gasteiger partial charge on any atom is -0.368 e. The van der Waals surface area contributed by atoms with Crippen LogP contribution in [0.1, 0.15) is 40.8 Å². The lowest BCUT2D eigenvalue weighted by Crippen LogP contribution is -2.28. The molecule has 1 unspecified atom stereocenters. The van der Waals surface area contributed by atoms with E-state index in [9.17, 15) is 9.90 Å². The SMILES string of the molecule is CN(C)Cc1cncc(-c2ccc3n[nH]c(C(O)Nc4ccc(C(=O)N5CCCC5)nc4)c3c2)c1. The number of carbonyl (C=O) groups excluding carboxylic acids is 1. The molecule has 1 saturated heterocycles. The van der Waals surface area contributed by atoms with Crippen LogP contribution >= 0.6 is 0 Å². The van der Waals surface area contributed by atoms with Gasteiger partial charge in [-0.2, -0.15) is 5.10 Å². The third-order valence-corrected chi connectivity index (χ3v) is 6.16. The molecule has 0 saturated carbocycles. The second-order valence-corrected chi connectivity index (χ2v) is 9.17. The van der Waals surface area contributed by atoms with Gasteiger partial charge < -0.3 is 20.2 Å².